The minimum atomic E-state index is -0.229. The number of fused-ring (bicyclic) bond motifs is 1. The van der Waals surface area contributed by atoms with Crippen LogP contribution in [0.15, 0.2) is 47.7 Å². The van der Waals surface area contributed by atoms with Crippen LogP contribution >= 0.6 is 0 Å². The number of halogens is 1. The standard InChI is InChI=1S/C19H18FN5O/c20-14-3-1-2-13(10-14)12-25-8-4-15-16(5-9-25)23-18(24-19(15)26)17-11-21-6-7-22-17/h1-3,6-7,10-11H,4-5,8-9,12H2,(H,23,24,26). The highest BCUT2D eigenvalue weighted by molar-refractivity contribution is 5.47. The van der Waals surface area contributed by atoms with Gasteiger partial charge in [-0.3, -0.25) is 14.7 Å². The lowest BCUT2D eigenvalue weighted by Crippen LogP contribution is -2.26. The molecule has 0 bridgehead atoms. The number of aromatic nitrogens is 4. The van der Waals surface area contributed by atoms with Crippen LogP contribution in [0.2, 0.25) is 0 Å². The van der Waals surface area contributed by atoms with Crippen LogP contribution in [0.1, 0.15) is 16.8 Å². The van der Waals surface area contributed by atoms with E-state index < -0.39 is 0 Å². The van der Waals surface area contributed by atoms with Gasteiger partial charge in [0.15, 0.2) is 5.82 Å². The van der Waals surface area contributed by atoms with Crippen LogP contribution in [0.5, 0.6) is 0 Å². The van der Waals surface area contributed by atoms with Crippen molar-refractivity contribution >= 4 is 0 Å². The van der Waals surface area contributed by atoms with Crippen molar-refractivity contribution in [3.8, 4) is 11.5 Å². The van der Waals surface area contributed by atoms with Crippen LogP contribution in [0.3, 0.4) is 0 Å². The molecule has 0 saturated carbocycles. The smallest absolute Gasteiger partial charge is 0.254 e. The minimum Gasteiger partial charge on any atom is -0.305 e. The lowest BCUT2D eigenvalue weighted by Gasteiger charge is -2.19. The molecular formula is C19H18FN5O. The zero-order valence-electron chi connectivity index (χ0n) is 14.2. The zero-order chi connectivity index (χ0) is 17.9. The maximum Gasteiger partial charge on any atom is 0.254 e. The van der Waals surface area contributed by atoms with Gasteiger partial charge in [-0.2, -0.15) is 0 Å². The molecule has 3 heterocycles. The van der Waals surface area contributed by atoms with E-state index in [4.69, 9.17) is 0 Å². The van der Waals surface area contributed by atoms with Gasteiger partial charge in [-0.25, -0.2) is 14.4 Å². The third-order valence-corrected chi connectivity index (χ3v) is 4.54. The van der Waals surface area contributed by atoms with E-state index in [9.17, 15) is 9.18 Å². The number of nitrogens with zero attached hydrogens (tertiary/aromatic N) is 4. The Labute approximate surface area is 149 Å². The number of nitrogens with one attached hydrogen (secondary N) is 1. The number of hydrogen-bond donors (Lipinski definition) is 1. The van der Waals surface area contributed by atoms with E-state index in [-0.39, 0.29) is 11.4 Å². The Morgan fingerprint density at radius 2 is 2.08 bits per heavy atom. The fraction of sp³-hybridized carbons (Fsp3) is 0.263. The summed E-state index contributed by atoms with van der Waals surface area (Å²) >= 11 is 0. The Morgan fingerprint density at radius 3 is 2.88 bits per heavy atom. The van der Waals surface area contributed by atoms with Gasteiger partial charge in [-0.15, -0.1) is 0 Å². The second-order valence-electron chi connectivity index (χ2n) is 6.34. The first-order valence-electron chi connectivity index (χ1n) is 8.54. The summed E-state index contributed by atoms with van der Waals surface area (Å²) in [5, 5.41) is 0. The summed E-state index contributed by atoms with van der Waals surface area (Å²) in [5.41, 5.74) is 2.88. The van der Waals surface area contributed by atoms with Crippen molar-refractivity contribution in [2.45, 2.75) is 19.4 Å². The van der Waals surface area contributed by atoms with Crippen LogP contribution in [0, 0.1) is 5.82 Å². The number of benzene rings is 1. The molecule has 6 nitrogen and oxygen atoms in total. The summed E-state index contributed by atoms with van der Waals surface area (Å²) in [6.07, 6.45) is 6.02. The molecule has 0 amide bonds. The third-order valence-electron chi connectivity index (χ3n) is 4.54. The van der Waals surface area contributed by atoms with Crippen molar-refractivity contribution in [1.82, 2.24) is 24.8 Å². The van der Waals surface area contributed by atoms with Gasteiger partial charge in [-0.05, 0) is 24.1 Å². The zero-order valence-corrected chi connectivity index (χ0v) is 14.2. The molecule has 0 saturated heterocycles. The molecule has 1 aromatic carbocycles. The van der Waals surface area contributed by atoms with Crippen molar-refractivity contribution in [2.75, 3.05) is 13.1 Å². The first-order chi connectivity index (χ1) is 12.7. The van der Waals surface area contributed by atoms with E-state index in [2.05, 4.69) is 24.8 Å². The highest BCUT2D eigenvalue weighted by atomic mass is 19.1. The van der Waals surface area contributed by atoms with Gasteiger partial charge >= 0.3 is 0 Å². The average molecular weight is 351 g/mol. The van der Waals surface area contributed by atoms with Crippen molar-refractivity contribution in [1.29, 1.82) is 0 Å². The first kappa shape index (κ1) is 16.5. The lowest BCUT2D eigenvalue weighted by atomic mass is 10.1. The van der Waals surface area contributed by atoms with E-state index in [0.29, 0.717) is 30.9 Å². The number of rotatable bonds is 3. The first-order valence-corrected chi connectivity index (χ1v) is 8.54. The van der Waals surface area contributed by atoms with E-state index in [1.807, 2.05) is 6.07 Å². The molecule has 1 aliphatic heterocycles. The van der Waals surface area contributed by atoms with Crippen LogP contribution < -0.4 is 5.56 Å². The summed E-state index contributed by atoms with van der Waals surface area (Å²) in [6.45, 7) is 2.15. The molecule has 0 atom stereocenters. The monoisotopic (exact) mass is 351 g/mol. The number of aromatic amines is 1. The molecule has 1 aliphatic rings. The molecule has 7 heteroatoms. The molecule has 4 rings (SSSR count). The molecule has 1 N–H and O–H groups in total. The molecule has 132 valence electrons. The van der Waals surface area contributed by atoms with E-state index >= 15 is 0 Å². The highest BCUT2D eigenvalue weighted by Crippen LogP contribution is 2.16. The summed E-state index contributed by atoms with van der Waals surface area (Å²) in [5.74, 6) is 0.216. The number of H-pyrrole nitrogens is 1. The van der Waals surface area contributed by atoms with Crippen LogP contribution in [-0.4, -0.2) is 37.9 Å². The average Bonchev–Trinajstić information content (AvgIpc) is 2.85. The molecule has 2 aromatic heterocycles. The van der Waals surface area contributed by atoms with E-state index in [0.717, 1.165) is 29.9 Å². The van der Waals surface area contributed by atoms with Crippen LogP contribution in [0.4, 0.5) is 4.39 Å². The van der Waals surface area contributed by atoms with Crippen molar-refractivity contribution in [3.05, 3.63) is 75.8 Å². The van der Waals surface area contributed by atoms with Gasteiger partial charge in [0, 0.05) is 44.0 Å². The molecule has 0 aliphatic carbocycles. The second kappa shape index (κ2) is 7.13. The van der Waals surface area contributed by atoms with Crippen molar-refractivity contribution in [3.63, 3.8) is 0 Å². The lowest BCUT2D eigenvalue weighted by molar-refractivity contribution is 0.278. The summed E-state index contributed by atoms with van der Waals surface area (Å²) in [7, 11) is 0. The summed E-state index contributed by atoms with van der Waals surface area (Å²) < 4.78 is 13.4. The Kier molecular flexibility index (Phi) is 4.53. The van der Waals surface area contributed by atoms with Gasteiger partial charge < -0.3 is 4.98 Å². The molecule has 0 radical (unpaired) electrons. The molecule has 26 heavy (non-hydrogen) atoms. The summed E-state index contributed by atoms with van der Waals surface area (Å²) in [4.78, 5) is 30.4. The summed E-state index contributed by atoms with van der Waals surface area (Å²) in [6, 6.07) is 6.63. The Bertz CT molecular complexity index is 973. The van der Waals surface area contributed by atoms with Crippen LogP contribution in [0.25, 0.3) is 11.5 Å². The van der Waals surface area contributed by atoms with E-state index in [1.165, 1.54) is 6.07 Å². The van der Waals surface area contributed by atoms with Gasteiger partial charge in [0.2, 0.25) is 0 Å². The number of hydrogen-bond acceptors (Lipinski definition) is 5. The SMILES string of the molecule is O=c1[nH]c(-c2cnccn2)nc2c1CCN(Cc1cccc(F)c1)CC2. The minimum absolute atomic E-state index is 0.122. The molecular weight excluding hydrogens is 333 g/mol. The third kappa shape index (κ3) is 3.52. The normalized spacial score (nSPS) is 14.7. The molecule has 0 fully saturated rings. The molecule has 0 unspecified atom stereocenters. The fourth-order valence-corrected chi connectivity index (χ4v) is 3.25. The molecule has 3 aromatic rings. The Hall–Kier alpha value is -2.93. The quantitative estimate of drug-likeness (QED) is 0.781. The van der Waals surface area contributed by atoms with Gasteiger partial charge in [0.25, 0.3) is 5.56 Å². The predicted molar refractivity (Wildman–Crippen MR) is 95.0 cm³/mol. The fourth-order valence-electron chi connectivity index (χ4n) is 3.25. The predicted octanol–water partition coefficient (Wildman–Crippen LogP) is 1.97. The van der Waals surface area contributed by atoms with Crippen LogP contribution in [-0.2, 0) is 19.4 Å². The van der Waals surface area contributed by atoms with Gasteiger partial charge in [-0.1, -0.05) is 12.1 Å². The van der Waals surface area contributed by atoms with Gasteiger partial charge in [0.05, 0.1) is 11.9 Å². The Balaban J connectivity index is 1.56. The maximum absolute atomic E-state index is 13.4. The second-order valence-corrected chi connectivity index (χ2v) is 6.34. The van der Waals surface area contributed by atoms with Crippen molar-refractivity contribution in [2.24, 2.45) is 0 Å². The largest absolute Gasteiger partial charge is 0.305 e. The maximum atomic E-state index is 13.4. The molecule has 0 spiro atoms. The van der Waals surface area contributed by atoms with Crippen molar-refractivity contribution < 1.29 is 4.39 Å². The van der Waals surface area contributed by atoms with E-state index in [1.54, 1.807) is 30.7 Å². The highest BCUT2D eigenvalue weighted by Gasteiger charge is 2.19. The van der Waals surface area contributed by atoms with Gasteiger partial charge in [0.1, 0.15) is 11.5 Å². The Morgan fingerprint density at radius 1 is 1.19 bits per heavy atom. The topological polar surface area (TPSA) is 74.8 Å².